The standard InChI is InChI=1S/C12H20N2OS/c1-8(2)12-14-9(3)11(16-12)6-10-7-15-5-4-13-10/h8,10,13H,4-7H2,1-3H3. The quantitative estimate of drug-likeness (QED) is 0.878. The van der Waals surface area contributed by atoms with Crippen LogP contribution in [-0.2, 0) is 11.2 Å². The lowest BCUT2D eigenvalue weighted by molar-refractivity contribution is 0.0772. The molecule has 3 nitrogen and oxygen atoms in total. The Morgan fingerprint density at radius 1 is 1.56 bits per heavy atom. The first-order valence-electron chi connectivity index (χ1n) is 5.94. The second-order valence-corrected chi connectivity index (χ2v) is 5.76. The van der Waals surface area contributed by atoms with Gasteiger partial charge in [0.05, 0.1) is 23.9 Å². The lowest BCUT2D eigenvalue weighted by Gasteiger charge is -2.23. The molecule has 0 bridgehead atoms. The topological polar surface area (TPSA) is 34.1 Å². The Morgan fingerprint density at radius 3 is 2.94 bits per heavy atom. The summed E-state index contributed by atoms with van der Waals surface area (Å²) in [6.07, 6.45) is 1.05. The van der Waals surface area contributed by atoms with Crippen molar-refractivity contribution in [2.45, 2.75) is 39.2 Å². The van der Waals surface area contributed by atoms with Crippen LogP contribution in [0.1, 0.15) is 35.3 Å². The number of aryl methyl sites for hydroxylation is 1. The average molecular weight is 240 g/mol. The molecule has 1 aromatic rings. The van der Waals surface area contributed by atoms with Crippen LogP contribution in [0.15, 0.2) is 0 Å². The van der Waals surface area contributed by atoms with Crippen LogP contribution in [0.4, 0.5) is 0 Å². The molecule has 0 saturated carbocycles. The minimum Gasteiger partial charge on any atom is -0.379 e. The third-order valence-corrected chi connectivity index (χ3v) is 4.31. The fourth-order valence-electron chi connectivity index (χ4n) is 1.86. The van der Waals surface area contributed by atoms with Gasteiger partial charge in [-0.05, 0) is 6.92 Å². The predicted molar refractivity (Wildman–Crippen MR) is 67.3 cm³/mol. The van der Waals surface area contributed by atoms with Crippen molar-refractivity contribution in [2.75, 3.05) is 19.8 Å². The number of nitrogens with one attached hydrogen (secondary N) is 1. The molecule has 1 aliphatic heterocycles. The van der Waals surface area contributed by atoms with E-state index in [1.54, 1.807) is 0 Å². The van der Waals surface area contributed by atoms with E-state index >= 15 is 0 Å². The molecular weight excluding hydrogens is 220 g/mol. The molecule has 1 aliphatic rings. The van der Waals surface area contributed by atoms with Gasteiger partial charge in [-0.2, -0.15) is 0 Å². The van der Waals surface area contributed by atoms with Crippen LogP contribution < -0.4 is 5.32 Å². The Morgan fingerprint density at radius 2 is 2.38 bits per heavy atom. The highest BCUT2D eigenvalue weighted by atomic mass is 32.1. The van der Waals surface area contributed by atoms with Crippen molar-refractivity contribution in [1.82, 2.24) is 10.3 Å². The first-order valence-corrected chi connectivity index (χ1v) is 6.75. The molecule has 0 aliphatic carbocycles. The number of hydrogen-bond acceptors (Lipinski definition) is 4. The number of nitrogens with zero attached hydrogens (tertiary/aromatic N) is 1. The number of thiazole rings is 1. The molecule has 1 unspecified atom stereocenters. The van der Waals surface area contributed by atoms with Crippen molar-refractivity contribution in [3.8, 4) is 0 Å². The van der Waals surface area contributed by atoms with Crippen LogP contribution in [-0.4, -0.2) is 30.8 Å². The van der Waals surface area contributed by atoms with Crippen molar-refractivity contribution in [3.63, 3.8) is 0 Å². The minimum absolute atomic E-state index is 0.466. The van der Waals surface area contributed by atoms with Crippen LogP contribution in [0.3, 0.4) is 0 Å². The van der Waals surface area contributed by atoms with Crippen LogP contribution >= 0.6 is 11.3 Å². The fraction of sp³-hybridized carbons (Fsp3) is 0.750. The SMILES string of the molecule is Cc1nc(C(C)C)sc1CC1COCCN1. The highest BCUT2D eigenvalue weighted by Gasteiger charge is 2.17. The summed E-state index contributed by atoms with van der Waals surface area (Å²) >= 11 is 1.85. The van der Waals surface area contributed by atoms with Crippen LogP contribution in [0.5, 0.6) is 0 Å². The van der Waals surface area contributed by atoms with Crippen LogP contribution in [0, 0.1) is 6.92 Å². The van der Waals surface area contributed by atoms with Crippen LogP contribution in [0.25, 0.3) is 0 Å². The molecule has 1 fully saturated rings. The van der Waals surface area contributed by atoms with E-state index in [1.807, 2.05) is 11.3 Å². The van der Waals surface area contributed by atoms with Gasteiger partial charge in [-0.3, -0.25) is 0 Å². The van der Waals surface area contributed by atoms with Gasteiger partial charge in [0.2, 0.25) is 0 Å². The van der Waals surface area contributed by atoms with Gasteiger partial charge < -0.3 is 10.1 Å². The third kappa shape index (κ3) is 2.81. The molecule has 2 heterocycles. The molecule has 16 heavy (non-hydrogen) atoms. The van der Waals surface area contributed by atoms with Gasteiger partial charge in [0.15, 0.2) is 0 Å². The molecule has 4 heteroatoms. The van der Waals surface area contributed by atoms with E-state index in [2.05, 4.69) is 31.1 Å². The van der Waals surface area contributed by atoms with Gasteiger partial charge in [0, 0.05) is 29.8 Å². The van der Waals surface area contributed by atoms with Crippen molar-refractivity contribution in [3.05, 3.63) is 15.6 Å². The van der Waals surface area contributed by atoms with E-state index in [1.165, 1.54) is 15.6 Å². The molecule has 0 amide bonds. The van der Waals surface area contributed by atoms with Gasteiger partial charge >= 0.3 is 0 Å². The fourth-order valence-corrected chi connectivity index (χ4v) is 3.01. The van der Waals surface area contributed by atoms with Crippen molar-refractivity contribution < 1.29 is 4.74 Å². The van der Waals surface area contributed by atoms with Crippen molar-refractivity contribution in [2.24, 2.45) is 0 Å². The van der Waals surface area contributed by atoms with E-state index in [0.29, 0.717) is 12.0 Å². The van der Waals surface area contributed by atoms with Crippen molar-refractivity contribution in [1.29, 1.82) is 0 Å². The smallest absolute Gasteiger partial charge is 0.0956 e. The highest BCUT2D eigenvalue weighted by Crippen LogP contribution is 2.25. The lowest BCUT2D eigenvalue weighted by atomic mass is 10.1. The maximum atomic E-state index is 5.47. The summed E-state index contributed by atoms with van der Waals surface area (Å²) in [6.45, 7) is 9.15. The predicted octanol–water partition coefficient (Wildman–Crippen LogP) is 2.11. The van der Waals surface area contributed by atoms with Gasteiger partial charge in [-0.15, -0.1) is 11.3 Å². The molecule has 0 radical (unpaired) electrons. The molecule has 1 aromatic heterocycles. The largest absolute Gasteiger partial charge is 0.379 e. The zero-order valence-corrected chi connectivity index (χ0v) is 11.1. The maximum absolute atomic E-state index is 5.47. The summed E-state index contributed by atoms with van der Waals surface area (Å²) in [5.41, 5.74) is 1.20. The summed E-state index contributed by atoms with van der Waals surface area (Å²) in [5.74, 6) is 0.535. The molecular formula is C12H20N2OS. The van der Waals surface area contributed by atoms with E-state index in [9.17, 15) is 0 Å². The zero-order chi connectivity index (χ0) is 11.5. The van der Waals surface area contributed by atoms with Gasteiger partial charge in [0.25, 0.3) is 0 Å². The maximum Gasteiger partial charge on any atom is 0.0956 e. The van der Waals surface area contributed by atoms with E-state index < -0.39 is 0 Å². The number of rotatable bonds is 3. The summed E-state index contributed by atoms with van der Waals surface area (Å²) < 4.78 is 5.47. The molecule has 1 atom stereocenters. The summed E-state index contributed by atoms with van der Waals surface area (Å²) in [7, 11) is 0. The number of hydrogen-bond donors (Lipinski definition) is 1. The summed E-state index contributed by atoms with van der Waals surface area (Å²) in [6, 6.07) is 0.466. The third-order valence-electron chi connectivity index (χ3n) is 2.83. The molecule has 1 N–H and O–H groups in total. The number of aromatic nitrogens is 1. The molecule has 2 rings (SSSR count). The van der Waals surface area contributed by atoms with Gasteiger partial charge in [0.1, 0.15) is 0 Å². The Labute approximate surface area is 101 Å². The monoisotopic (exact) mass is 240 g/mol. The Kier molecular flexibility index (Phi) is 3.95. The van der Waals surface area contributed by atoms with Crippen molar-refractivity contribution >= 4 is 11.3 Å². The first-order chi connectivity index (χ1) is 7.66. The van der Waals surface area contributed by atoms with Gasteiger partial charge in [-0.1, -0.05) is 13.8 Å². The first kappa shape index (κ1) is 12.0. The van der Waals surface area contributed by atoms with E-state index in [4.69, 9.17) is 4.74 Å². The Hall–Kier alpha value is -0.450. The highest BCUT2D eigenvalue weighted by molar-refractivity contribution is 7.11. The molecule has 90 valence electrons. The Balaban J connectivity index is 2.02. The van der Waals surface area contributed by atoms with Gasteiger partial charge in [-0.25, -0.2) is 4.98 Å². The second kappa shape index (κ2) is 5.25. The number of ether oxygens (including phenoxy) is 1. The second-order valence-electron chi connectivity index (χ2n) is 4.65. The van der Waals surface area contributed by atoms with E-state index in [-0.39, 0.29) is 0 Å². The van der Waals surface area contributed by atoms with E-state index in [0.717, 1.165) is 26.2 Å². The normalized spacial score (nSPS) is 21.6. The van der Waals surface area contributed by atoms with Crippen LogP contribution in [0.2, 0.25) is 0 Å². The molecule has 1 saturated heterocycles. The number of morpholine rings is 1. The minimum atomic E-state index is 0.466. The molecule has 0 spiro atoms. The average Bonchev–Trinajstić information content (AvgIpc) is 2.62. The zero-order valence-electron chi connectivity index (χ0n) is 10.2. The molecule has 0 aromatic carbocycles. The summed E-state index contributed by atoms with van der Waals surface area (Å²) in [4.78, 5) is 6.03. The summed E-state index contributed by atoms with van der Waals surface area (Å²) in [5, 5.41) is 4.74. The Bertz CT molecular complexity index is 343. The lowest BCUT2D eigenvalue weighted by Crippen LogP contribution is -2.42.